The van der Waals surface area contributed by atoms with Gasteiger partial charge in [-0.05, 0) is 31.5 Å². The average Bonchev–Trinajstić information content (AvgIpc) is 3.26. The van der Waals surface area contributed by atoms with E-state index in [9.17, 15) is 9.18 Å². The molecule has 1 aliphatic rings. The highest BCUT2D eigenvalue weighted by Crippen LogP contribution is 2.24. The van der Waals surface area contributed by atoms with Crippen molar-refractivity contribution < 1.29 is 13.7 Å². The molecule has 0 radical (unpaired) electrons. The summed E-state index contributed by atoms with van der Waals surface area (Å²) in [4.78, 5) is 21.2. The number of carbonyl (C=O) groups is 1. The zero-order chi connectivity index (χ0) is 21.1. The van der Waals surface area contributed by atoms with E-state index in [2.05, 4.69) is 15.0 Å². The topological polar surface area (TPSA) is 62.5 Å². The molecule has 1 amide bonds. The molecular weight excluding hydrogens is 383 g/mol. The molecular formula is C23H25FN4O2. The van der Waals surface area contributed by atoms with Crippen LogP contribution in [0.5, 0.6) is 0 Å². The first-order valence-corrected chi connectivity index (χ1v) is 10.2. The first kappa shape index (κ1) is 20.2. The SMILES string of the molecule is Cc1ccc(-c2noc(C(C)N3CCN(C(=O)Cc4ccc(F)cc4)CC3)n2)cc1. The second kappa shape index (κ2) is 8.75. The lowest BCUT2D eigenvalue weighted by molar-refractivity contribution is -0.132. The maximum atomic E-state index is 13.0. The molecule has 1 aromatic heterocycles. The Bertz CT molecular complexity index is 993. The second-order valence-electron chi connectivity index (χ2n) is 7.72. The largest absolute Gasteiger partial charge is 0.340 e. The quantitative estimate of drug-likeness (QED) is 0.645. The maximum absolute atomic E-state index is 13.0. The van der Waals surface area contributed by atoms with Crippen LogP contribution < -0.4 is 0 Å². The van der Waals surface area contributed by atoms with Crippen LogP contribution in [-0.4, -0.2) is 52.0 Å². The molecule has 1 fully saturated rings. The van der Waals surface area contributed by atoms with E-state index in [1.165, 1.54) is 17.7 Å². The van der Waals surface area contributed by atoms with Crippen molar-refractivity contribution in [3.8, 4) is 11.4 Å². The van der Waals surface area contributed by atoms with Crippen molar-refractivity contribution in [2.45, 2.75) is 26.3 Å². The van der Waals surface area contributed by atoms with Crippen molar-refractivity contribution in [3.05, 3.63) is 71.4 Å². The molecule has 1 aliphatic heterocycles. The van der Waals surface area contributed by atoms with Crippen molar-refractivity contribution in [3.63, 3.8) is 0 Å². The van der Waals surface area contributed by atoms with Gasteiger partial charge in [0.05, 0.1) is 12.5 Å². The number of nitrogens with zero attached hydrogens (tertiary/aromatic N) is 4. The smallest absolute Gasteiger partial charge is 0.244 e. The van der Waals surface area contributed by atoms with E-state index in [4.69, 9.17) is 4.52 Å². The van der Waals surface area contributed by atoms with Crippen molar-refractivity contribution in [1.82, 2.24) is 19.9 Å². The normalized spacial score (nSPS) is 15.9. The van der Waals surface area contributed by atoms with Gasteiger partial charge >= 0.3 is 0 Å². The molecule has 1 atom stereocenters. The third-order valence-corrected chi connectivity index (χ3v) is 5.59. The fraction of sp³-hybridized carbons (Fsp3) is 0.348. The molecule has 0 spiro atoms. The van der Waals surface area contributed by atoms with Crippen molar-refractivity contribution >= 4 is 5.91 Å². The monoisotopic (exact) mass is 408 g/mol. The van der Waals surface area contributed by atoms with Crippen molar-refractivity contribution in [1.29, 1.82) is 0 Å². The highest BCUT2D eigenvalue weighted by molar-refractivity contribution is 5.78. The Hall–Kier alpha value is -3.06. The number of hydrogen-bond acceptors (Lipinski definition) is 5. The number of aryl methyl sites for hydroxylation is 1. The van der Waals surface area contributed by atoms with Gasteiger partial charge < -0.3 is 9.42 Å². The summed E-state index contributed by atoms with van der Waals surface area (Å²) in [6.45, 7) is 6.84. The Labute approximate surface area is 175 Å². The van der Waals surface area contributed by atoms with Gasteiger partial charge in [-0.3, -0.25) is 9.69 Å². The van der Waals surface area contributed by atoms with Crippen LogP contribution in [0.15, 0.2) is 53.1 Å². The summed E-state index contributed by atoms with van der Waals surface area (Å²) in [5, 5.41) is 4.12. The van der Waals surface area contributed by atoms with Gasteiger partial charge in [0.25, 0.3) is 0 Å². The van der Waals surface area contributed by atoms with E-state index >= 15 is 0 Å². The molecule has 4 rings (SSSR count). The third-order valence-electron chi connectivity index (χ3n) is 5.59. The molecule has 0 aliphatic carbocycles. The average molecular weight is 408 g/mol. The summed E-state index contributed by atoms with van der Waals surface area (Å²) in [5.74, 6) is 0.940. The molecule has 0 bridgehead atoms. The summed E-state index contributed by atoms with van der Waals surface area (Å²) in [7, 11) is 0. The minimum atomic E-state index is -0.291. The van der Waals surface area contributed by atoms with Gasteiger partial charge in [0, 0.05) is 31.7 Å². The molecule has 2 heterocycles. The number of benzene rings is 2. The van der Waals surface area contributed by atoms with Gasteiger partial charge in [-0.25, -0.2) is 4.39 Å². The Morgan fingerprint density at radius 1 is 1.07 bits per heavy atom. The van der Waals surface area contributed by atoms with Gasteiger partial charge in [-0.15, -0.1) is 0 Å². The van der Waals surface area contributed by atoms with Gasteiger partial charge in [0.15, 0.2) is 0 Å². The summed E-state index contributed by atoms with van der Waals surface area (Å²) in [6, 6.07) is 14.1. The van der Waals surface area contributed by atoms with Gasteiger partial charge in [-0.1, -0.05) is 47.1 Å². The summed E-state index contributed by atoms with van der Waals surface area (Å²) >= 11 is 0. The molecule has 30 heavy (non-hydrogen) atoms. The van der Waals surface area contributed by atoms with E-state index in [0.717, 1.165) is 24.2 Å². The molecule has 2 aromatic carbocycles. The molecule has 0 saturated carbocycles. The summed E-state index contributed by atoms with van der Waals surface area (Å²) < 4.78 is 18.5. The van der Waals surface area contributed by atoms with E-state index in [0.29, 0.717) is 31.2 Å². The lowest BCUT2D eigenvalue weighted by Crippen LogP contribution is -2.49. The molecule has 0 N–H and O–H groups in total. The maximum Gasteiger partial charge on any atom is 0.244 e. The van der Waals surface area contributed by atoms with Crippen LogP contribution in [0.4, 0.5) is 4.39 Å². The summed E-state index contributed by atoms with van der Waals surface area (Å²) in [5.41, 5.74) is 2.94. The standard InChI is InChI=1S/C23H25FN4O2/c1-16-3-7-19(8-4-16)22-25-23(30-26-22)17(2)27-11-13-28(14-12-27)21(29)15-18-5-9-20(24)10-6-18/h3-10,17H,11-15H2,1-2H3. The fourth-order valence-electron chi connectivity index (χ4n) is 3.63. The molecule has 156 valence electrons. The van der Waals surface area contributed by atoms with Crippen LogP contribution in [0.25, 0.3) is 11.4 Å². The third kappa shape index (κ3) is 4.57. The van der Waals surface area contributed by atoms with Gasteiger partial charge in [0.1, 0.15) is 5.82 Å². The predicted octanol–water partition coefficient (Wildman–Crippen LogP) is 3.63. The first-order valence-electron chi connectivity index (χ1n) is 10.2. The van der Waals surface area contributed by atoms with Crippen LogP contribution in [-0.2, 0) is 11.2 Å². The van der Waals surface area contributed by atoms with Gasteiger partial charge in [0.2, 0.25) is 17.6 Å². The number of amides is 1. The number of hydrogen-bond donors (Lipinski definition) is 0. The Morgan fingerprint density at radius 2 is 1.73 bits per heavy atom. The first-order chi connectivity index (χ1) is 14.5. The number of piperazine rings is 1. The number of aromatic nitrogens is 2. The van der Waals surface area contributed by atoms with Crippen LogP contribution in [0.1, 0.15) is 30.0 Å². The Balaban J connectivity index is 1.33. The van der Waals surface area contributed by atoms with E-state index in [-0.39, 0.29) is 17.8 Å². The Morgan fingerprint density at radius 3 is 2.40 bits per heavy atom. The number of rotatable bonds is 5. The zero-order valence-corrected chi connectivity index (χ0v) is 17.2. The van der Waals surface area contributed by atoms with Crippen molar-refractivity contribution in [2.24, 2.45) is 0 Å². The molecule has 3 aromatic rings. The number of carbonyl (C=O) groups excluding carboxylic acids is 1. The van der Waals surface area contributed by atoms with Crippen LogP contribution in [0.3, 0.4) is 0 Å². The second-order valence-corrected chi connectivity index (χ2v) is 7.72. The van der Waals surface area contributed by atoms with E-state index in [1.807, 2.05) is 43.0 Å². The Kier molecular flexibility index (Phi) is 5.90. The van der Waals surface area contributed by atoms with Crippen LogP contribution in [0, 0.1) is 12.7 Å². The summed E-state index contributed by atoms with van der Waals surface area (Å²) in [6.07, 6.45) is 0.291. The fourth-order valence-corrected chi connectivity index (χ4v) is 3.63. The van der Waals surface area contributed by atoms with Crippen LogP contribution in [0.2, 0.25) is 0 Å². The highest BCUT2D eigenvalue weighted by Gasteiger charge is 2.27. The minimum absolute atomic E-state index is 0.0222. The molecule has 7 heteroatoms. The predicted molar refractivity (Wildman–Crippen MR) is 111 cm³/mol. The zero-order valence-electron chi connectivity index (χ0n) is 17.2. The lowest BCUT2D eigenvalue weighted by atomic mass is 10.1. The van der Waals surface area contributed by atoms with E-state index in [1.54, 1.807) is 12.1 Å². The van der Waals surface area contributed by atoms with Crippen molar-refractivity contribution in [2.75, 3.05) is 26.2 Å². The molecule has 1 unspecified atom stereocenters. The molecule has 6 nitrogen and oxygen atoms in total. The van der Waals surface area contributed by atoms with Crippen LogP contribution >= 0.6 is 0 Å². The molecule has 1 saturated heterocycles. The van der Waals surface area contributed by atoms with Gasteiger partial charge in [-0.2, -0.15) is 4.98 Å². The highest BCUT2D eigenvalue weighted by atomic mass is 19.1. The van der Waals surface area contributed by atoms with E-state index < -0.39 is 0 Å². The minimum Gasteiger partial charge on any atom is -0.340 e. The lowest BCUT2D eigenvalue weighted by Gasteiger charge is -2.36. The number of halogens is 1.